The SMILES string of the molecule is Cn1ncc2c(=O)n(CC(=O)Nc3ccc4oc5ccccc5c4c3)cnc21. The third-order valence-corrected chi connectivity index (χ3v) is 4.69. The van der Waals surface area contributed by atoms with Crippen LogP contribution in [0.3, 0.4) is 0 Å². The highest BCUT2D eigenvalue weighted by Gasteiger charge is 2.12. The van der Waals surface area contributed by atoms with Crippen LogP contribution in [0, 0.1) is 0 Å². The summed E-state index contributed by atoms with van der Waals surface area (Å²) in [4.78, 5) is 29.2. The first-order chi connectivity index (χ1) is 13.6. The number of hydrogen-bond donors (Lipinski definition) is 1. The van der Waals surface area contributed by atoms with E-state index < -0.39 is 0 Å². The second kappa shape index (κ2) is 6.05. The van der Waals surface area contributed by atoms with Gasteiger partial charge in [-0.3, -0.25) is 18.8 Å². The Kier molecular flexibility index (Phi) is 3.51. The van der Waals surface area contributed by atoms with Gasteiger partial charge in [0.25, 0.3) is 5.56 Å². The topological polar surface area (TPSA) is 95.0 Å². The fraction of sp³-hybridized carbons (Fsp3) is 0.100. The number of aryl methyl sites for hydroxylation is 1. The molecule has 5 aromatic rings. The Bertz CT molecular complexity index is 1430. The van der Waals surface area contributed by atoms with E-state index in [9.17, 15) is 9.59 Å². The molecule has 0 unspecified atom stereocenters. The molecule has 0 saturated heterocycles. The quantitative estimate of drug-likeness (QED) is 0.525. The van der Waals surface area contributed by atoms with E-state index in [1.54, 1.807) is 13.1 Å². The molecular formula is C20H15N5O3. The van der Waals surface area contributed by atoms with Gasteiger partial charge >= 0.3 is 0 Å². The van der Waals surface area contributed by atoms with Crippen LogP contribution < -0.4 is 10.9 Å². The van der Waals surface area contributed by atoms with Gasteiger partial charge in [-0.2, -0.15) is 5.10 Å². The highest BCUT2D eigenvalue weighted by atomic mass is 16.3. The van der Waals surface area contributed by atoms with Crippen LogP contribution in [0.4, 0.5) is 5.69 Å². The first-order valence-electron chi connectivity index (χ1n) is 8.68. The third kappa shape index (κ3) is 2.54. The molecule has 5 rings (SSSR count). The molecule has 28 heavy (non-hydrogen) atoms. The van der Waals surface area contributed by atoms with E-state index in [0.29, 0.717) is 16.7 Å². The Morgan fingerprint density at radius 3 is 2.82 bits per heavy atom. The first-order valence-corrected chi connectivity index (χ1v) is 8.68. The lowest BCUT2D eigenvalue weighted by Gasteiger charge is -2.07. The highest BCUT2D eigenvalue weighted by molar-refractivity contribution is 6.06. The number of benzene rings is 2. The van der Waals surface area contributed by atoms with Crippen LogP contribution in [-0.2, 0) is 18.4 Å². The normalized spacial score (nSPS) is 11.5. The van der Waals surface area contributed by atoms with Gasteiger partial charge in [-0.05, 0) is 24.3 Å². The summed E-state index contributed by atoms with van der Waals surface area (Å²) in [6, 6.07) is 13.2. The number of nitrogens with zero attached hydrogens (tertiary/aromatic N) is 4. The molecule has 0 saturated carbocycles. The van der Waals surface area contributed by atoms with E-state index in [1.165, 1.54) is 21.8 Å². The lowest BCUT2D eigenvalue weighted by Crippen LogP contribution is -2.27. The molecule has 0 aliphatic heterocycles. The Balaban J connectivity index is 1.43. The van der Waals surface area contributed by atoms with E-state index in [1.807, 2.05) is 36.4 Å². The van der Waals surface area contributed by atoms with Crippen molar-refractivity contribution in [3.63, 3.8) is 0 Å². The summed E-state index contributed by atoms with van der Waals surface area (Å²) in [5.41, 5.74) is 2.36. The fourth-order valence-corrected chi connectivity index (χ4v) is 3.34. The molecule has 138 valence electrons. The molecule has 0 radical (unpaired) electrons. The Morgan fingerprint density at radius 2 is 1.93 bits per heavy atom. The number of para-hydroxylation sites is 1. The number of carbonyl (C=O) groups excluding carboxylic acids is 1. The van der Waals surface area contributed by atoms with Crippen molar-refractivity contribution < 1.29 is 9.21 Å². The maximum absolute atomic E-state index is 12.5. The molecule has 8 nitrogen and oxygen atoms in total. The maximum atomic E-state index is 12.5. The summed E-state index contributed by atoms with van der Waals surface area (Å²) < 4.78 is 8.58. The predicted octanol–water partition coefficient (Wildman–Crippen LogP) is 2.67. The van der Waals surface area contributed by atoms with Gasteiger partial charge in [0.1, 0.15) is 29.4 Å². The van der Waals surface area contributed by atoms with E-state index in [2.05, 4.69) is 15.4 Å². The van der Waals surface area contributed by atoms with Crippen LogP contribution in [0.1, 0.15) is 0 Å². The maximum Gasteiger partial charge on any atom is 0.264 e. The standard InChI is InChI=1S/C20H15N5O3/c1-24-19-15(9-22-24)20(27)25(11-21-19)10-18(26)23-12-6-7-17-14(8-12)13-4-2-3-5-16(13)28-17/h2-9,11H,10H2,1H3,(H,23,26). The number of carbonyl (C=O) groups is 1. The molecule has 2 aromatic carbocycles. The Labute approximate surface area is 158 Å². The summed E-state index contributed by atoms with van der Waals surface area (Å²) in [6.45, 7) is -0.138. The molecule has 3 aromatic heterocycles. The van der Waals surface area contributed by atoms with Gasteiger partial charge < -0.3 is 9.73 Å². The number of amides is 1. The summed E-state index contributed by atoms with van der Waals surface area (Å²) in [7, 11) is 1.71. The monoisotopic (exact) mass is 373 g/mol. The van der Waals surface area contributed by atoms with Gasteiger partial charge in [0, 0.05) is 23.5 Å². The van der Waals surface area contributed by atoms with Crippen molar-refractivity contribution in [2.45, 2.75) is 6.54 Å². The van der Waals surface area contributed by atoms with Crippen molar-refractivity contribution in [2.24, 2.45) is 7.05 Å². The predicted molar refractivity (Wildman–Crippen MR) is 105 cm³/mol. The zero-order valence-corrected chi connectivity index (χ0v) is 14.9. The number of furan rings is 1. The van der Waals surface area contributed by atoms with Gasteiger partial charge in [-0.1, -0.05) is 18.2 Å². The van der Waals surface area contributed by atoms with Crippen LogP contribution in [0.2, 0.25) is 0 Å². The minimum absolute atomic E-state index is 0.138. The number of anilines is 1. The minimum Gasteiger partial charge on any atom is -0.456 e. The lowest BCUT2D eigenvalue weighted by molar-refractivity contribution is -0.116. The third-order valence-electron chi connectivity index (χ3n) is 4.69. The second-order valence-electron chi connectivity index (χ2n) is 6.54. The number of nitrogens with one attached hydrogen (secondary N) is 1. The van der Waals surface area contributed by atoms with Crippen LogP contribution in [0.15, 0.2) is 64.2 Å². The molecule has 0 fully saturated rings. The van der Waals surface area contributed by atoms with Gasteiger partial charge in [-0.15, -0.1) is 0 Å². The van der Waals surface area contributed by atoms with Crippen LogP contribution >= 0.6 is 0 Å². The Morgan fingerprint density at radius 1 is 1.11 bits per heavy atom. The fourth-order valence-electron chi connectivity index (χ4n) is 3.34. The molecule has 1 amide bonds. The molecule has 0 aliphatic rings. The lowest BCUT2D eigenvalue weighted by atomic mass is 10.1. The number of rotatable bonds is 3. The number of fused-ring (bicyclic) bond motifs is 4. The molecule has 0 aliphatic carbocycles. The zero-order chi connectivity index (χ0) is 19.3. The molecule has 0 atom stereocenters. The van der Waals surface area contributed by atoms with E-state index >= 15 is 0 Å². The van der Waals surface area contributed by atoms with Crippen molar-refractivity contribution in [1.29, 1.82) is 0 Å². The van der Waals surface area contributed by atoms with Crippen molar-refractivity contribution in [3.8, 4) is 0 Å². The van der Waals surface area contributed by atoms with Crippen molar-refractivity contribution >= 4 is 44.6 Å². The van der Waals surface area contributed by atoms with Gasteiger partial charge in [0.2, 0.25) is 5.91 Å². The molecule has 3 heterocycles. The average Bonchev–Trinajstić information content (AvgIpc) is 3.25. The van der Waals surface area contributed by atoms with Crippen LogP contribution in [0.25, 0.3) is 33.0 Å². The summed E-state index contributed by atoms with van der Waals surface area (Å²) in [5.74, 6) is -0.320. The largest absolute Gasteiger partial charge is 0.456 e. The first kappa shape index (κ1) is 16.2. The number of hydrogen-bond acceptors (Lipinski definition) is 5. The molecule has 0 spiro atoms. The zero-order valence-electron chi connectivity index (χ0n) is 14.9. The van der Waals surface area contributed by atoms with E-state index in [-0.39, 0.29) is 18.0 Å². The molecule has 8 heteroatoms. The van der Waals surface area contributed by atoms with Crippen LogP contribution in [0.5, 0.6) is 0 Å². The van der Waals surface area contributed by atoms with E-state index in [0.717, 1.165) is 21.9 Å². The summed E-state index contributed by atoms with van der Waals surface area (Å²) in [5, 5.41) is 9.13. The van der Waals surface area contributed by atoms with E-state index in [4.69, 9.17) is 4.42 Å². The minimum atomic E-state index is -0.320. The van der Waals surface area contributed by atoms with Gasteiger partial charge in [0.15, 0.2) is 5.65 Å². The average molecular weight is 373 g/mol. The van der Waals surface area contributed by atoms with Crippen molar-refractivity contribution in [2.75, 3.05) is 5.32 Å². The molecule has 1 N–H and O–H groups in total. The van der Waals surface area contributed by atoms with Crippen molar-refractivity contribution in [3.05, 3.63) is 65.3 Å². The van der Waals surface area contributed by atoms with Crippen LogP contribution in [-0.4, -0.2) is 25.2 Å². The second-order valence-corrected chi connectivity index (χ2v) is 6.54. The van der Waals surface area contributed by atoms with Gasteiger partial charge in [0.05, 0.1) is 6.20 Å². The smallest absolute Gasteiger partial charge is 0.264 e. The highest BCUT2D eigenvalue weighted by Crippen LogP contribution is 2.30. The Hall–Kier alpha value is -3.94. The molecular weight excluding hydrogens is 358 g/mol. The van der Waals surface area contributed by atoms with Crippen molar-refractivity contribution in [1.82, 2.24) is 19.3 Å². The summed E-state index contributed by atoms with van der Waals surface area (Å²) >= 11 is 0. The summed E-state index contributed by atoms with van der Waals surface area (Å²) in [6.07, 6.45) is 2.82. The van der Waals surface area contributed by atoms with Gasteiger partial charge in [-0.25, -0.2) is 4.98 Å². The molecule has 0 bridgehead atoms. The number of aromatic nitrogens is 4.